The summed E-state index contributed by atoms with van der Waals surface area (Å²) in [6.07, 6.45) is 1.19. The SMILES string of the molecule is CCC(C)(C)NC1CC(=O)NC1=O. The maximum Gasteiger partial charge on any atom is 0.244 e. The summed E-state index contributed by atoms with van der Waals surface area (Å²) in [7, 11) is 0. The predicted molar refractivity (Wildman–Crippen MR) is 49.1 cm³/mol. The summed E-state index contributed by atoms with van der Waals surface area (Å²) < 4.78 is 0. The van der Waals surface area contributed by atoms with Gasteiger partial charge in [0, 0.05) is 5.54 Å². The molecule has 4 heteroatoms. The fourth-order valence-corrected chi connectivity index (χ4v) is 1.24. The van der Waals surface area contributed by atoms with Crippen LogP contribution in [0.4, 0.5) is 0 Å². The topological polar surface area (TPSA) is 58.2 Å². The van der Waals surface area contributed by atoms with Crippen LogP contribution in [-0.4, -0.2) is 23.4 Å². The number of hydrogen-bond acceptors (Lipinski definition) is 3. The van der Waals surface area contributed by atoms with E-state index in [4.69, 9.17) is 0 Å². The van der Waals surface area contributed by atoms with Gasteiger partial charge < -0.3 is 5.32 Å². The lowest BCUT2D eigenvalue weighted by atomic mass is 10.00. The van der Waals surface area contributed by atoms with E-state index in [1.807, 2.05) is 20.8 Å². The van der Waals surface area contributed by atoms with Gasteiger partial charge in [0.1, 0.15) is 0 Å². The number of carbonyl (C=O) groups excluding carboxylic acids is 2. The van der Waals surface area contributed by atoms with Crippen molar-refractivity contribution in [2.45, 2.75) is 45.2 Å². The maximum atomic E-state index is 11.2. The summed E-state index contributed by atoms with van der Waals surface area (Å²) in [5, 5.41) is 5.43. The van der Waals surface area contributed by atoms with Crippen LogP contribution in [0.15, 0.2) is 0 Å². The number of rotatable bonds is 3. The molecule has 1 aliphatic rings. The minimum Gasteiger partial charge on any atom is -0.300 e. The van der Waals surface area contributed by atoms with E-state index in [-0.39, 0.29) is 29.8 Å². The van der Waals surface area contributed by atoms with E-state index in [0.717, 1.165) is 6.42 Å². The van der Waals surface area contributed by atoms with Crippen LogP contribution in [0.25, 0.3) is 0 Å². The van der Waals surface area contributed by atoms with Gasteiger partial charge in [-0.2, -0.15) is 0 Å². The Labute approximate surface area is 78.1 Å². The molecule has 0 saturated carbocycles. The fraction of sp³-hybridized carbons (Fsp3) is 0.778. The van der Waals surface area contributed by atoms with E-state index in [9.17, 15) is 9.59 Å². The first-order valence-corrected chi connectivity index (χ1v) is 4.56. The fourth-order valence-electron chi connectivity index (χ4n) is 1.24. The van der Waals surface area contributed by atoms with Crippen molar-refractivity contribution < 1.29 is 9.59 Å². The Hall–Kier alpha value is -0.900. The van der Waals surface area contributed by atoms with Crippen molar-refractivity contribution in [1.29, 1.82) is 0 Å². The highest BCUT2D eigenvalue weighted by Crippen LogP contribution is 2.12. The van der Waals surface area contributed by atoms with Crippen LogP contribution in [0.2, 0.25) is 0 Å². The number of imide groups is 1. The first-order chi connectivity index (χ1) is 5.94. The molecule has 13 heavy (non-hydrogen) atoms. The summed E-state index contributed by atoms with van der Waals surface area (Å²) in [6, 6.07) is -0.345. The van der Waals surface area contributed by atoms with Gasteiger partial charge in [0.15, 0.2) is 0 Å². The van der Waals surface area contributed by atoms with Gasteiger partial charge in [-0.25, -0.2) is 0 Å². The van der Waals surface area contributed by atoms with E-state index in [1.54, 1.807) is 0 Å². The van der Waals surface area contributed by atoms with Crippen LogP contribution < -0.4 is 10.6 Å². The van der Waals surface area contributed by atoms with Crippen molar-refractivity contribution in [2.24, 2.45) is 0 Å². The molecule has 0 bridgehead atoms. The third-order valence-corrected chi connectivity index (χ3v) is 2.42. The molecule has 74 valence electrons. The molecular weight excluding hydrogens is 168 g/mol. The highest BCUT2D eigenvalue weighted by molar-refractivity contribution is 6.05. The van der Waals surface area contributed by atoms with Gasteiger partial charge in [-0.15, -0.1) is 0 Å². The molecule has 0 aromatic heterocycles. The van der Waals surface area contributed by atoms with Gasteiger partial charge in [0.25, 0.3) is 0 Å². The molecule has 0 aliphatic carbocycles. The normalized spacial score (nSPS) is 23.5. The van der Waals surface area contributed by atoms with E-state index in [1.165, 1.54) is 0 Å². The summed E-state index contributed by atoms with van der Waals surface area (Å²) in [4.78, 5) is 22.1. The average molecular weight is 184 g/mol. The van der Waals surface area contributed by atoms with Crippen LogP contribution in [0, 0.1) is 0 Å². The number of hydrogen-bond donors (Lipinski definition) is 2. The molecule has 1 heterocycles. The second-order valence-electron chi connectivity index (χ2n) is 4.05. The monoisotopic (exact) mass is 184 g/mol. The smallest absolute Gasteiger partial charge is 0.244 e. The minimum absolute atomic E-state index is 0.0906. The Kier molecular flexibility index (Phi) is 2.71. The van der Waals surface area contributed by atoms with Gasteiger partial charge in [-0.05, 0) is 20.3 Å². The first-order valence-electron chi connectivity index (χ1n) is 4.56. The highest BCUT2D eigenvalue weighted by Gasteiger charge is 2.33. The molecule has 2 N–H and O–H groups in total. The number of carbonyl (C=O) groups is 2. The molecule has 0 radical (unpaired) electrons. The van der Waals surface area contributed by atoms with E-state index in [2.05, 4.69) is 10.6 Å². The minimum atomic E-state index is -0.345. The zero-order valence-corrected chi connectivity index (χ0v) is 8.31. The molecule has 0 aromatic carbocycles. The van der Waals surface area contributed by atoms with E-state index >= 15 is 0 Å². The summed E-state index contributed by atoms with van der Waals surface area (Å²) in [5.41, 5.74) is -0.0906. The van der Waals surface area contributed by atoms with Gasteiger partial charge in [-0.3, -0.25) is 14.9 Å². The molecule has 0 aromatic rings. The summed E-state index contributed by atoms with van der Waals surface area (Å²) in [5.74, 6) is -0.388. The van der Waals surface area contributed by atoms with Crippen molar-refractivity contribution in [3.63, 3.8) is 0 Å². The lowest BCUT2D eigenvalue weighted by Gasteiger charge is -2.27. The van der Waals surface area contributed by atoms with Crippen molar-refractivity contribution >= 4 is 11.8 Å². The van der Waals surface area contributed by atoms with Gasteiger partial charge in [-0.1, -0.05) is 6.92 Å². The van der Waals surface area contributed by atoms with Crippen molar-refractivity contribution in [3.05, 3.63) is 0 Å². The summed E-state index contributed by atoms with van der Waals surface area (Å²) in [6.45, 7) is 6.08. The van der Waals surface area contributed by atoms with Crippen molar-refractivity contribution in [1.82, 2.24) is 10.6 Å². The Morgan fingerprint density at radius 3 is 2.54 bits per heavy atom. The molecule has 4 nitrogen and oxygen atoms in total. The molecule has 1 aliphatic heterocycles. The highest BCUT2D eigenvalue weighted by atomic mass is 16.2. The van der Waals surface area contributed by atoms with Gasteiger partial charge in [0.2, 0.25) is 11.8 Å². The van der Waals surface area contributed by atoms with Crippen LogP contribution in [0.3, 0.4) is 0 Å². The Morgan fingerprint density at radius 1 is 1.54 bits per heavy atom. The molecule has 1 saturated heterocycles. The van der Waals surface area contributed by atoms with Gasteiger partial charge >= 0.3 is 0 Å². The third-order valence-electron chi connectivity index (χ3n) is 2.42. The molecule has 2 amide bonds. The molecule has 1 unspecified atom stereocenters. The molecule has 1 fully saturated rings. The largest absolute Gasteiger partial charge is 0.300 e. The standard InChI is InChI=1S/C9H16N2O2/c1-4-9(2,3)11-6-5-7(12)10-8(6)13/h6,11H,4-5H2,1-3H3,(H,10,12,13). The zero-order chi connectivity index (χ0) is 10.1. The quantitative estimate of drug-likeness (QED) is 0.615. The van der Waals surface area contributed by atoms with Crippen LogP contribution >= 0.6 is 0 Å². The maximum absolute atomic E-state index is 11.2. The molecule has 0 spiro atoms. The third kappa shape index (κ3) is 2.52. The molecule has 1 rings (SSSR count). The first kappa shape index (κ1) is 10.2. The van der Waals surface area contributed by atoms with Crippen molar-refractivity contribution in [3.8, 4) is 0 Å². The Bertz CT molecular complexity index is 236. The molecule has 1 atom stereocenters. The lowest BCUT2D eigenvalue weighted by Crippen LogP contribution is -2.48. The van der Waals surface area contributed by atoms with E-state index < -0.39 is 0 Å². The van der Waals surface area contributed by atoms with Crippen LogP contribution in [0.5, 0.6) is 0 Å². The Morgan fingerprint density at radius 2 is 2.15 bits per heavy atom. The van der Waals surface area contributed by atoms with Crippen molar-refractivity contribution in [2.75, 3.05) is 0 Å². The second kappa shape index (κ2) is 3.46. The number of nitrogens with one attached hydrogen (secondary N) is 2. The molecular formula is C9H16N2O2. The van der Waals surface area contributed by atoms with Crippen LogP contribution in [-0.2, 0) is 9.59 Å². The lowest BCUT2D eigenvalue weighted by molar-refractivity contribution is -0.125. The average Bonchev–Trinajstić information content (AvgIpc) is 2.30. The van der Waals surface area contributed by atoms with Crippen LogP contribution in [0.1, 0.15) is 33.6 Å². The van der Waals surface area contributed by atoms with Gasteiger partial charge in [0.05, 0.1) is 12.5 Å². The second-order valence-corrected chi connectivity index (χ2v) is 4.05. The number of amides is 2. The van der Waals surface area contributed by atoms with E-state index in [0.29, 0.717) is 0 Å². The summed E-state index contributed by atoms with van der Waals surface area (Å²) >= 11 is 0. The zero-order valence-electron chi connectivity index (χ0n) is 8.31. The Balaban J connectivity index is 2.55. The predicted octanol–water partition coefficient (Wildman–Crippen LogP) is 0.180.